The Morgan fingerprint density at radius 1 is 1.25 bits per heavy atom. The number of aliphatic hydroxyl groups excluding tert-OH is 1. The van der Waals surface area contributed by atoms with Crippen LogP contribution in [-0.2, 0) is 16.0 Å². The first-order valence-corrected chi connectivity index (χ1v) is 6.95. The van der Waals surface area contributed by atoms with E-state index in [9.17, 15) is 15.0 Å². The van der Waals surface area contributed by atoms with E-state index < -0.39 is 23.8 Å². The molecular weight excluding hydrogens is 256 g/mol. The van der Waals surface area contributed by atoms with Crippen molar-refractivity contribution in [2.45, 2.75) is 43.5 Å². The summed E-state index contributed by atoms with van der Waals surface area (Å²) in [5.41, 5.74) is 0.435. The van der Waals surface area contributed by atoms with Gasteiger partial charge in [-0.05, 0) is 36.5 Å². The summed E-state index contributed by atoms with van der Waals surface area (Å²) in [4.78, 5) is 11.5. The largest absolute Gasteiger partial charge is 0.457 e. The quantitative estimate of drug-likeness (QED) is 0.642. The van der Waals surface area contributed by atoms with Crippen molar-refractivity contribution in [3.8, 4) is 0 Å². The van der Waals surface area contributed by atoms with Gasteiger partial charge in [0.25, 0.3) is 0 Å². The van der Waals surface area contributed by atoms with Crippen LogP contribution in [0.25, 0.3) is 0 Å². The van der Waals surface area contributed by atoms with Crippen LogP contribution in [0.15, 0.2) is 42.0 Å². The van der Waals surface area contributed by atoms with Crippen LogP contribution in [0.4, 0.5) is 0 Å². The number of carbonyl (C=O) groups is 1. The van der Waals surface area contributed by atoms with E-state index in [0.29, 0.717) is 12.0 Å². The number of hydrogen-bond donors (Lipinski definition) is 2. The number of fused-ring (bicyclic) bond motifs is 2. The molecule has 1 heterocycles. The van der Waals surface area contributed by atoms with E-state index in [0.717, 1.165) is 12.8 Å². The van der Waals surface area contributed by atoms with Crippen molar-refractivity contribution in [1.29, 1.82) is 0 Å². The molecule has 3 atom stereocenters. The molecule has 0 spiro atoms. The van der Waals surface area contributed by atoms with Gasteiger partial charge < -0.3 is 14.9 Å². The van der Waals surface area contributed by atoms with E-state index in [1.165, 1.54) is 11.6 Å². The minimum atomic E-state index is -1.52. The van der Waals surface area contributed by atoms with E-state index in [2.05, 4.69) is 12.1 Å². The third-order valence-corrected chi connectivity index (χ3v) is 4.05. The van der Waals surface area contributed by atoms with Crippen molar-refractivity contribution in [1.82, 2.24) is 0 Å². The SMILES string of the molecule is O=C1O[C@@H]2C[C@@]1(O)C=C(CCCc1ccccc1)[C@H]2O. The van der Waals surface area contributed by atoms with E-state index in [1.807, 2.05) is 18.2 Å². The Bertz CT molecular complexity index is 537. The first kappa shape index (κ1) is 13.3. The minimum absolute atomic E-state index is 0.162. The molecule has 20 heavy (non-hydrogen) atoms. The fourth-order valence-electron chi connectivity index (χ4n) is 2.96. The standard InChI is InChI=1S/C16H18O4/c17-14-12(8-4-7-11-5-2-1-3-6-11)9-16(19)10-13(14)20-15(16)18/h1-3,5-6,9,13-14,17,19H,4,7-8,10H2/t13-,14-,16+/m1/s1. The Labute approximate surface area is 117 Å². The average Bonchev–Trinajstić information content (AvgIpc) is 2.69. The van der Waals surface area contributed by atoms with Gasteiger partial charge in [0.15, 0.2) is 5.60 Å². The first-order valence-electron chi connectivity index (χ1n) is 6.95. The fraction of sp³-hybridized carbons (Fsp3) is 0.438. The Hall–Kier alpha value is -1.65. The van der Waals surface area contributed by atoms with Crippen molar-refractivity contribution in [2.75, 3.05) is 0 Å². The zero-order valence-corrected chi connectivity index (χ0v) is 11.2. The molecule has 106 valence electrons. The molecule has 1 aromatic carbocycles. The Balaban J connectivity index is 1.64. The van der Waals surface area contributed by atoms with E-state index in [-0.39, 0.29) is 6.42 Å². The van der Waals surface area contributed by atoms with Gasteiger partial charge in [-0.25, -0.2) is 4.79 Å². The number of rotatable bonds is 4. The molecule has 4 heteroatoms. The van der Waals surface area contributed by atoms with Crippen molar-refractivity contribution in [3.05, 3.63) is 47.5 Å². The monoisotopic (exact) mass is 274 g/mol. The fourth-order valence-corrected chi connectivity index (χ4v) is 2.96. The maximum Gasteiger partial charge on any atom is 0.342 e. The predicted octanol–water partition coefficient (Wildman–Crippen LogP) is 1.36. The van der Waals surface area contributed by atoms with Gasteiger partial charge in [0, 0.05) is 6.42 Å². The highest BCUT2D eigenvalue weighted by Gasteiger charge is 2.52. The summed E-state index contributed by atoms with van der Waals surface area (Å²) in [5, 5.41) is 20.3. The summed E-state index contributed by atoms with van der Waals surface area (Å²) < 4.78 is 5.00. The first-order chi connectivity index (χ1) is 9.58. The molecule has 4 nitrogen and oxygen atoms in total. The average molecular weight is 274 g/mol. The Morgan fingerprint density at radius 3 is 2.75 bits per heavy atom. The molecule has 3 rings (SSSR count). The summed E-state index contributed by atoms with van der Waals surface area (Å²) >= 11 is 0. The normalized spacial score (nSPS) is 31.9. The molecule has 2 bridgehead atoms. The van der Waals surface area contributed by atoms with Gasteiger partial charge in [-0.1, -0.05) is 30.3 Å². The third kappa shape index (κ3) is 2.37. The summed E-state index contributed by atoms with van der Waals surface area (Å²) in [7, 11) is 0. The number of hydrogen-bond acceptors (Lipinski definition) is 4. The molecule has 0 amide bonds. The van der Waals surface area contributed by atoms with E-state index in [4.69, 9.17) is 4.74 Å². The highest BCUT2D eigenvalue weighted by molar-refractivity contribution is 5.85. The maximum atomic E-state index is 11.5. The van der Waals surface area contributed by atoms with Crippen molar-refractivity contribution in [3.63, 3.8) is 0 Å². The number of benzene rings is 1. The molecule has 0 aromatic heterocycles. The van der Waals surface area contributed by atoms with Crippen LogP contribution in [0.1, 0.15) is 24.8 Å². The van der Waals surface area contributed by atoms with Crippen molar-refractivity contribution < 1.29 is 19.7 Å². The topological polar surface area (TPSA) is 66.8 Å². The van der Waals surface area contributed by atoms with Crippen LogP contribution in [0, 0.1) is 0 Å². The maximum absolute atomic E-state index is 11.5. The molecular formula is C16H18O4. The van der Waals surface area contributed by atoms with Gasteiger partial charge in [0.1, 0.15) is 12.2 Å². The van der Waals surface area contributed by atoms with Gasteiger partial charge >= 0.3 is 5.97 Å². The van der Waals surface area contributed by atoms with Gasteiger partial charge in [-0.2, -0.15) is 0 Å². The van der Waals surface area contributed by atoms with Crippen LogP contribution in [-0.4, -0.2) is 34.0 Å². The molecule has 0 saturated carbocycles. The van der Waals surface area contributed by atoms with Crippen LogP contribution in [0.2, 0.25) is 0 Å². The molecule has 0 unspecified atom stereocenters. The highest BCUT2D eigenvalue weighted by atomic mass is 16.6. The van der Waals surface area contributed by atoms with Gasteiger partial charge in [-0.3, -0.25) is 0 Å². The van der Waals surface area contributed by atoms with Crippen LogP contribution >= 0.6 is 0 Å². The molecule has 1 aliphatic carbocycles. The number of aryl methyl sites for hydroxylation is 1. The second-order valence-electron chi connectivity index (χ2n) is 5.58. The Morgan fingerprint density at radius 2 is 2.00 bits per heavy atom. The lowest BCUT2D eigenvalue weighted by Crippen LogP contribution is -2.38. The lowest BCUT2D eigenvalue weighted by atomic mass is 9.83. The number of carbonyl (C=O) groups excluding carboxylic acids is 1. The number of esters is 1. The van der Waals surface area contributed by atoms with Crippen molar-refractivity contribution >= 4 is 5.97 Å². The number of ether oxygens (including phenoxy) is 1. The molecule has 1 fully saturated rings. The summed E-state index contributed by atoms with van der Waals surface area (Å²) in [6.07, 6.45) is 2.71. The van der Waals surface area contributed by atoms with Gasteiger partial charge in [0.2, 0.25) is 0 Å². The molecule has 1 saturated heterocycles. The second-order valence-corrected chi connectivity index (χ2v) is 5.58. The van der Waals surface area contributed by atoms with Crippen LogP contribution in [0.3, 0.4) is 0 Å². The number of aliphatic hydroxyl groups is 2. The van der Waals surface area contributed by atoms with Crippen LogP contribution < -0.4 is 0 Å². The summed E-state index contributed by atoms with van der Waals surface area (Å²) in [6, 6.07) is 10.1. The Kier molecular flexibility index (Phi) is 3.36. The second kappa shape index (κ2) is 5.04. The summed E-state index contributed by atoms with van der Waals surface area (Å²) in [6.45, 7) is 0. The molecule has 1 aliphatic heterocycles. The highest BCUT2D eigenvalue weighted by Crippen LogP contribution is 2.38. The molecule has 2 aliphatic rings. The third-order valence-electron chi connectivity index (χ3n) is 4.05. The molecule has 0 radical (unpaired) electrons. The zero-order chi connectivity index (χ0) is 14.2. The minimum Gasteiger partial charge on any atom is -0.457 e. The smallest absolute Gasteiger partial charge is 0.342 e. The lowest BCUT2D eigenvalue weighted by molar-refractivity contribution is -0.152. The van der Waals surface area contributed by atoms with Crippen LogP contribution in [0.5, 0.6) is 0 Å². The lowest BCUT2D eigenvalue weighted by Gasteiger charge is -2.26. The van der Waals surface area contributed by atoms with E-state index in [1.54, 1.807) is 0 Å². The predicted molar refractivity (Wildman–Crippen MR) is 72.9 cm³/mol. The van der Waals surface area contributed by atoms with Gasteiger partial charge in [0.05, 0.1) is 0 Å². The zero-order valence-electron chi connectivity index (χ0n) is 11.2. The van der Waals surface area contributed by atoms with E-state index >= 15 is 0 Å². The molecule has 1 aromatic rings. The van der Waals surface area contributed by atoms with Gasteiger partial charge in [-0.15, -0.1) is 0 Å². The van der Waals surface area contributed by atoms with Crippen molar-refractivity contribution in [2.24, 2.45) is 0 Å². The molecule has 2 N–H and O–H groups in total. The summed E-state index contributed by atoms with van der Waals surface area (Å²) in [5.74, 6) is -0.639.